The number of anilines is 2. The normalized spacial score (nSPS) is 21.3. The number of halogens is 1. The van der Waals surface area contributed by atoms with Gasteiger partial charge in [-0.05, 0) is 43.0 Å². The van der Waals surface area contributed by atoms with Gasteiger partial charge in [-0.15, -0.1) is 10.2 Å². The van der Waals surface area contributed by atoms with Gasteiger partial charge in [0.25, 0.3) is 0 Å². The fourth-order valence-corrected chi connectivity index (χ4v) is 4.94. The lowest BCUT2D eigenvalue weighted by Crippen LogP contribution is -2.44. The second-order valence-corrected chi connectivity index (χ2v) is 8.91. The monoisotopic (exact) mass is 436 g/mol. The largest absolute Gasteiger partial charge is 0.507 e. The number of nitrogens with zero attached hydrogens (tertiary/aromatic N) is 6. The van der Waals surface area contributed by atoms with Gasteiger partial charge in [0, 0.05) is 44.5 Å². The van der Waals surface area contributed by atoms with Gasteiger partial charge in [-0.1, -0.05) is 18.9 Å². The smallest absolute Gasteiger partial charge is 0.175 e. The minimum atomic E-state index is -0.828. The molecule has 0 radical (unpaired) electrons. The molecule has 32 heavy (non-hydrogen) atoms. The number of benzene rings is 1. The summed E-state index contributed by atoms with van der Waals surface area (Å²) in [6.07, 6.45) is 7.26. The second-order valence-electron chi connectivity index (χ2n) is 8.91. The Kier molecular flexibility index (Phi) is 5.45. The van der Waals surface area contributed by atoms with E-state index in [1.807, 2.05) is 38.5 Å². The van der Waals surface area contributed by atoms with E-state index in [9.17, 15) is 9.50 Å². The molecule has 0 amide bonds. The predicted molar refractivity (Wildman–Crippen MR) is 124 cm³/mol. The summed E-state index contributed by atoms with van der Waals surface area (Å²) in [4.78, 5) is 4.29. The second kappa shape index (κ2) is 8.41. The fraction of sp³-hybridized carbons (Fsp3) is 0.458. The van der Waals surface area contributed by atoms with Crippen molar-refractivity contribution in [1.82, 2.24) is 20.0 Å². The molecule has 1 fully saturated rings. The standard InChI is InChI=1S/C24H29FN6O/c1-29-10-5-11-31(21-7-4-3-6-19(21)25)24-22(29)13-20(27-28-24)18-9-8-16(12-23(18)32)17-14-26-30(2)15-17/h8-9,12-15,19,21,32H,3-7,10-11H2,1-2H3/t19-,21+/m0/s1. The van der Waals surface area contributed by atoms with Crippen LogP contribution in [-0.4, -0.2) is 57.4 Å². The van der Waals surface area contributed by atoms with Gasteiger partial charge in [-0.25, -0.2) is 4.39 Å². The number of hydrogen-bond donors (Lipinski definition) is 1. The summed E-state index contributed by atoms with van der Waals surface area (Å²) in [6, 6.07) is 7.37. The number of fused-ring (bicyclic) bond motifs is 1. The Morgan fingerprint density at radius 3 is 2.59 bits per heavy atom. The van der Waals surface area contributed by atoms with Crippen LogP contribution in [0.1, 0.15) is 32.1 Å². The number of phenolic OH excluding ortho intramolecular Hbond substituents is 1. The molecule has 2 aliphatic rings. The number of rotatable bonds is 3. The van der Waals surface area contributed by atoms with Gasteiger partial charge < -0.3 is 14.9 Å². The van der Waals surface area contributed by atoms with Crippen molar-refractivity contribution in [3.8, 4) is 28.1 Å². The highest BCUT2D eigenvalue weighted by Gasteiger charge is 2.34. The quantitative estimate of drug-likeness (QED) is 0.664. The van der Waals surface area contributed by atoms with Crippen LogP contribution in [0.25, 0.3) is 22.4 Å². The van der Waals surface area contributed by atoms with E-state index >= 15 is 0 Å². The molecule has 2 aromatic heterocycles. The highest BCUT2D eigenvalue weighted by molar-refractivity contribution is 5.78. The molecule has 1 aliphatic heterocycles. The minimum Gasteiger partial charge on any atom is -0.507 e. The summed E-state index contributed by atoms with van der Waals surface area (Å²) in [5, 5.41) is 24.0. The lowest BCUT2D eigenvalue weighted by Gasteiger charge is -2.37. The average molecular weight is 437 g/mol. The van der Waals surface area contributed by atoms with Crippen LogP contribution in [0.2, 0.25) is 0 Å². The van der Waals surface area contributed by atoms with Crippen molar-refractivity contribution in [2.45, 2.75) is 44.3 Å². The summed E-state index contributed by atoms with van der Waals surface area (Å²) < 4.78 is 16.5. The van der Waals surface area contributed by atoms with Gasteiger partial charge in [0.2, 0.25) is 0 Å². The molecule has 3 aromatic rings. The summed E-state index contributed by atoms with van der Waals surface area (Å²) in [7, 11) is 3.90. The van der Waals surface area contributed by atoms with Crippen LogP contribution in [-0.2, 0) is 7.05 Å². The first-order chi connectivity index (χ1) is 15.5. The molecule has 1 N–H and O–H groups in total. The van der Waals surface area contributed by atoms with Crippen molar-refractivity contribution in [3.63, 3.8) is 0 Å². The van der Waals surface area contributed by atoms with Gasteiger partial charge in [-0.2, -0.15) is 5.10 Å². The Balaban J connectivity index is 1.51. The minimum absolute atomic E-state index is 0.138. The zero-order valence-electron chi connectivity index (χ0n) is 18.6. The molecular formula is C24H29FN6O. The molecule has 2 atom stereocenters. The van der Waals surface area contributed by atoms with E-state index in [2.05, 4.69) is 25.1 Å². The van der Waals surface area contributed by atoms with Gasteiger partial charge in [-0.3, -0.25) is 4.68 Å². The molecule has 0 unspecified atom stereocenters. The molecule has 0 saturated heterocycles. The maximum absolute atomic E-state index is 14.8. The van der Waals surface area contributed by atoms with Crippen molar-refractivity contribution in [2.24, 2.45) is 7.05 Å². The molecule has 1 aliphatic carbocycles. The van der Waals surface area contributed by atoms with E-state index in [-0.39, 0.29) is 11.8 Å². The lowest BCUT2D eigenvalue weighted by atomic mass is 9.92. The van der Waals surface area contributed by atoms with Gasteiger partial charge in [0.15, 0.2) is 5.82 Å². The molecule has 8 heteroatoms. The van der Waals surface area contributed by atoms with Crippen molar-refractivity contribution in [2.75, 3.05) is 29.9 Å². The first-order valence-electron chi connectivity index (χ1n) is 11.3. The number of aromatic nitrogens is 4. The summed E-state index contributed by atoms with van der Waals surface area (Å²) in [5.74, 6) is 0.889. The molecule has 0 bridgehead atoms. The van der Waals surface area contributed by atoms with E-state index in [1.165, 1.54) is 0 Å². The van der Waals surface area contributed by atoms with E-state index < -0.39 is 6.17 Å². The van der Waals surface area contributed by atoms with Gasteiger partial charge >= 0.3 is 0 Å². The van der Waals surface area contributed by atoms with Crippen LogP contribution >= 0.6 is 0 Å². The fourth-order valence-electron chi connectivity index (χ4n) is 4.94. The predicted octanol–water partition coefficient (Wildman–Crippen LogP) is 4.18. The van der Waals surface area contributed by atoms with Gasteiger partial charge in [0.1, 0.15) is 11.9 Å². The third-order valence-corrected chi connectivity index (χ3v) is 6.69. The van der Waals surface area contributed by atoms with Crippen LogP contribution in [0.4, 0.5) is 15.9 Å². The van der Waals surface area contributed by atoms with E-state index in [0.717, 1.165) is 61.4 Å². The zero-order chi connectivity index (χ0) is 22.2. The molecule has 7 nitrogen and oxygen atoms in total. The molecule has 3 heterocycles. The Labute approximate surface area is 187 Å². The van der Waals surface area contributed by atoms with Crippen molar-refractivity contribution >= 4 is 11.5 Å². The zero-order valence-corrected chi connectivity index (χ0v) is 18.6. The Bertz CT molecular complexity index is 1120. The molecule has 168 valence electrons. The maximum Gasteiger partial charge on any atom is 0.175 e. The highest BCUT2D eigenvalue weighted by Crippen LogP contribution is 2.39. The third-order valence-electron chi connectivity index (χ3n) is 6.69. The number of alkyl halides is 1. The van der Waals surface area contributed by atoms with E-state index in [1.54, 1.807) is 16.9 Å². The lowest BCUT2D eigenvalue weighted by molar-refractivity contribution is 0.209. The third kappa shape index (κ3) is 3.78. The number of hydrogen-bond acceptors (Lipinski definition) is 6. The topological polar surface area (TPSA) is 70.3 Å². The van der Waals surface area contributed by atoms with Crippen molar-refractivity contribution < 1.29 is 9.50 Å². The summed E-state index contributed by atoms with van der Waals surface area (Å²) >= 11 is 0. The SMILES string of the molecule is CN1CCCN([C@@H]2CCCC[C@@H]2F)c2nnc(-c3ccc(-c4cnn(C)c4)cc3O)cc21. The van der Waals surface area contributed by atoms with Crippen molar-refractivity contribution in [1.29, 1.82) is 0 Å². The number of aromatic hydroxyl groups is 1. The van der Waals surface area contributed by atoms with Crippen LogP contribution < -0.4 is 9.80 Å². The van der Waals surface area contributed by atoms with Crippen LogP contribution in [0.3, 0.4) is 0 Å². The Morgan fingerprint density at radius 2 is 1.84 bits per heavy atom. The van der Waals surface area contributed by atoms with Crippen LogP contribution in [0.5, 0.6) is 5.75 Å². The average Bonchev–Trinajstić information content (AvgIpc) is 3.16. The molecule has 1 saturated carbocycles. The van der Waals surface area contributed by atoms with Crippen molar-refractivity contribution in [3.05, 3.63) is 36.7 Å². The molecule has 1 aromatic carbocycles. The molecular weight excluding hydrogens is 407 g/mol. The number of phenols is 1. The molecule has 0 spiro atoms. The highest BCUT2D eigenvalue weighted by atomic mass is 19.1. The Hall–Kier alpha value is -3.16. The van der Waals surface area contributed by atoms with Crippen LogP contribution in [0.15, 0.2) is 36.7 Å². The van der Waals surface area contributed by atoms with E-state index in [4.69, 9.17) is 0 Å². The Morgan fingerprint density at radius 1 is 1.00 bits per heavy atom. The molecule has 5 rings (SSSR count). The summed E-state index contributed by atoms with van der Waals surface area (Å²) in [5.41, 5.74) is 3.98. The van der Waals surface area contributed by atoms with Gasteiger partial charge in [0.05, 0.1) is 23.6 Å². The summed E-state index contributed by atoms with van der Waals surface area (Å²) in [6.45, 7) is 1.64. The first-order valence-corrected chi connectivity index (χ1v) is 11.3. The van der Waals surface area contributed by atoms with E-state index in [0.29, 0.717) is 17.7 Å². The first kappa shape index (κ1) is 20.7. The van der Waals surface area contributed by atoms with Crippen LogP contribution in [0, 0.1) is 0 Å². The maximum atomic E-state index is 14.8. The number of aryl methyl sites for hydroxylation is 1.